The Morgan fingerprint density at radius 3 is 2.84 bits per heavy atom. The Labute approximate surface area is 124 Å². The van der Waals surface area contributed by atoms with Gasteiger partial charge in [0.15, 0.2) is 0 Å². The van der Waals surface area contributed by atoms with Crippen molar-refractivity contribution in [1.29, 1.82) is 0 Å². The Balaban J connectivity index is 1.95. The standard InChI is InChI=1S/C15H19Cl2NO/c1-3-19-9-14(2)13-7-18-8-15(13,14)10-4-5-11(16)12(17)6-10/h4-6,13,18H,3,7-9H2,1-2H3/t13-,14-,15+/m1/s1. The number of hydrogen-bond donors (Lipinski definition) is 1. The van der Waals surface area contributed by atoms with Crippen LogP contribution < -0.4 is 5.32 Å². The maximum atomic E-state index is 6.19. The Hall–Kier alpha value is -0.280. The molecule has 19 heavy (non-hydrogen) atoms. The molecule has 1 aromatic rings. The van der Waals surface area contributed by atoms with Crippen molar-refractivity contribution in [3.8, 4) is 0 Å². The molecular formula is C15H19Cl2NO. The molecule has 1 saturated heterocycles. The molecule has 1 aromatic carbocycles. The van der Waals surface area contributed by atoms with Gasteiger partial charge in [0.2, 0.25) is 0 Å². The number of ether oxygens (including phenoxy) is 1. The molecule has 1 saturated carbocycles. The molecule has 2 aliphatic rings. The Bertz CT molecular complexity index is 507. The highest BCUT2D eigenvalue weighted by Crippen LogP contribution is 2.71. The van der Waals surface area contributed by atoms with Crippen molar-refractivity contribution >= 4 is 23.2 Å². The van der Waals surface area contributed by atoms with E-state index in [1.165, 1.54) is 5.56 Å². The summed E-state index contributed by atoms with van der Waals surface area (Å²) in [5, 5.41) is 4.76. The summed E-state index contributed by atoms with van der Waals surface area (Å²) in [6.07, 6.45) is 0. The summed E-state index contributed by atoms with van der Waals surface area (Å²) < 4.78 is 5.71. The van der Waals surface area contributed by atoms with E-state index < -0.39 is 0 Å². The highest BCUT2D eigenvalue weighted by molar-refractivity contribution is 6.42. The summed E-state index contributed by atoms with van der Waals surface area (Å²) in [7, 11) is 0. The number of fused-ring (bicyclic) bond motifs is 1. The molecule has 1 aliphatic heterocycles. The summed E-state index contributed by atoms with van der Waals surface area (Å²) in [5.41, 5.74) is 1.67. The van der Waals surface area contributed by atoms with E-state index in [-0.39, 0.29) is 10.8 Å². The third-order valence-electron chi connectivity index (χ3n) is 5.09. The smallest absolute Gasteiger partial charge is 0.0595 e. The molecule has 104 valence electrons. The van der Waals surface area contributed by atoms with Crippen LogP contribution >= 0.6 is 23.2 Å². The molecule has 0 bridgehead atoms. The normalized spacial score (nSPS) is 36.3. The van der Waals surface area contributed by atoms with Crippen LogP contribution in [-0.4, -0.2) is 26.3 Å². The fourth-order valence-electron chi connectivity index (χ4n) is 3.95. The molecule has 2 nitrogen and oxygen atoms in total. The van der Waals surface area contributed by atoms with E-state index in [0.29, 0.717) is 16.0 Å². The van der Waals surface area contributed by atoms with E-state index in [1.807, 2.05) is 19.1 Å². The first kappa shape index (κ1) is 13.7. The van der Waals surface area contributed by atoms with Crippen LogP contribution in [0.1, 0.15) is 19.4 Å². The first-order valence-electron chi connectivity index (χ1n) is 6.80. The van der Waals surface area contributed by atoms with Crippen LogP contribution in [0.15, 0.2) is 18.2 Å². The Kier molecular flexibility index (Phi) is 3.33. The van der Waals surface area contributed by atoms with Gasteiger partial charge in [-0.2, -0.15) is 0 Å². The van der Waals surface area contributed by atoms with Crippen molar-refractivity contribution in [2.75, 3.05) is 26.3 Å². The number of nitrogens with one attached hydrogen (secondary N) is 1. The van der Waals surface area contributed by atoms with Gasteiger partial charge in [-0.3, -0.25) is 0 Å². The predicted molar refractivity (Wildman–Crippen MR) is 79.1 cm³/mol. The number of benzene rings is 1. The monoisotopic (exact) mass is 299 g/mol. The second-order valence-electron chi connectivity index (χ2n) is 5.84. The Morgan fingerprint density at radius 1 is 1.37 bits per heavy atom. The maximum Gasteiger partial charge on any atom is 0.0595 e. The van der Waals surface area contributed by atoms with Crippen LogP contribution in [-0.2, 0) is 10.2 Å². The molecule has 3 rings (SSSR count). The fourth-order valence-corrected chi connectivity index (χ4v) is 4.25. The van der Waals surface area contributed by atoms with E-state index in [1.54, 1.807) is 0 Å². The van der Waals surface area contributed by atoms with Gasteiger partial charge >= 0.3 is 0 Å². The minimum atomic E-state index is 0.163. The maximum absolute atomic E-state index is 6.19. The zero-order valence-electron chi connectivity index (χ0n) is 11.3. The lowest BCUT2D eigenvalue weighted by Crippen LogP contribution is -2.31. The van der Waals surface area contributed by atoms with Crippen molar-refractivity contribution in [1.82, 2.24) is 5.32 Å². The first-order chi connectivity index (χ1) is 9.06. The molecule has 1 heterocycles. The zero-order valence-corrected chi connectivity index (χ0v) is 12.8. The van der Waals surface area contributed by atoms with E-state index >= 15 is 0 Å². The second-order valence-corrected chi connectivity index (χ2v) is 6.65. The molecule has 3 atom stereocenters. The molecule has 1 aliphatic carbocycles. The summed E-state index contributed by atoms with van der Waals surface area (Å²) >= 11 is 12.2. The molecular weight excluding hydrogens is 281 g/mol. The highest BCUT2D eigenvalue weighted by Gasteiger charge is 2.75. The van der Waals surface area contributed by atoms with Crippen molar-refractivity contribution in [2.24, 2.45) is 11.3 Å². The molecule has 4 heteroatoms. The van der Waals surface area contributed by atoms with Crippen LogP contribution in [0.3, 0.4) is 0 Å². The van der Waals surface area contributed by atoms with Crippen molar-refractivity contribution in [2.45, 2.75) is 19.3 Å². The second kappa shape index (κ2) is 4.63. The van der Waals surface area contributed by atoms with Gasteiger partial charge in [-0.1, -0.05) is 36.2 Å². The van der Waals surface area contributed by atoms with Gasteiger partial charge in [-0.15, -0.1) is 0 Å². The van der Waals surface area contributed by atoms with Gasteiger partial charge in [0.25, 0.3) is 0 Å². The number of piperidine rings is 1. The summed E-state index contributed by atoms with van der Waals surface area (Å²) in [6.45, 7) is 8.02. The molecule has 0 unspecified atom stereocenters. The third-order valence-corrected chi connectivity index (χ3v) is 5.83. The van der Waals surface area contributed by atoms with Crippen LogP contribution in [0.2, 0.25) is 10.0 Å². The molecule has 0 aromatic heterocycles. The highest BCUT2D eigenvalue weighted by atomic mass is 35.5. The van der Waals surface area contributed by atoms with Gasteiger partial charge in [-0.05, 0) is 37.1 Å². The molecule has 0 spiro atoms. The van der Waals surface area contributed by atoms with Crippen molar-refractivity contribution in [3.63, 3.8) is 0 Å². The van der Waals surface area contributed by atoms with Crippen LogP contribution in [0.5, 0.6) is 0 Å². The van der Waals surface area contributed by atoms with E-state index in [0.717, 1.165) is 26.3 Å². The SMILES string of the molecule is CCOC[C@]1(C)[C@H]2CNC[C@]21c1ccc(Cl)c(Cl)c1. The minimum absolute atomic E-state index is 0.163. The number of halogens is 2. The van der Waals surface area contributed by atoms with E-state index in [9.17, 15) is 0 Å². The van der Waals surface area contributed by atoms with Crippen LogP contribution in [0.4, 0.5) is 0 Å². The summed E-state index contributed by atoms with van der Waals surface area (Å²) in [6, 6.07) is 6.05. The molecule has 0 amide bonds. The number of hydrogen-bond acceptors (Lipinski definition) is 2. The van der Waals surface area contributed by atoms with Gasteiger partial charge < -0.3 is 10.1 Å². The minimum Gasteiger partial charge on any atom is -0.381 e. The van der Waals surface area contributed by atoms with Crippen molar-refractivity contribution < 1.29 is 4.74 Å². The first-order valence-corrected chi connectivity index (χ1v) is 7.56. The third kappa shape index (κ3) is 1.77. The summed E-state index contributed by atoms with van der Waals surface area (Å²) in [4.78, 5) is 0. The quantitative estimate of drug-likeness (QED) is 0.919. The lowest BCUT2D eigenvalue weighted by Gasteiger charge is -2.23. The number of rotatable bonds is 4. The molecule has 1 N–H and O–H groups in total. The topological polar surface area (TPSA) is 21.3 Å². The largest absolute Gasteiger partial charge is 0.381 e. The summed E-state index contributed by atoms with van der Waals surface area (Å²) in [5.74, 6) is 0.629. The fraction of sp³-hybridized carbons (Fsp3) is 0.600. The van der Waals surface area contributed by atoms with Crippen molar-refractivity contribution in [3.05, 3.63) is 33.8 Å². The average molecular weight is 300 g/mol. The van der Waals surface area contributed by atoms with Gasteiger partial charge in [0, 0.05) is 24.0 Å². The van der Waals surface area contributed by atoms with E-state index in [4.69, 9.17) is 27.9 Å². The predicted octanol–water partition coefficient (Wildman–Crippen LogP) is 3.51. The van der Waals surface area contributed by atoms with Gasteiger partial charge in [0.05, 0.1) is 16.7 Å². The van der Waals surface area contributed by atoms with Crippen LogP contribution in [0.25, 0.3) is 0 Å². The molecule has 2 fully saturated rings. The lowest BCUT2D eigenvalue weighted by molar-refractivity contribution is 0.0897. The Morgan fingerprint density at radius 2 is 2.16 bits per heavy atom. The van der Waals surface area contributed by atoms with Gasteiger partial charge in [0.1, 0.15) is 0 Å². The molecule has 0 radical (unpaired) electrons. The average Bonchev–Trinajstić information content (AvgIpc) is 2.77. The lowest BCUT2D eigenvalue weighted by atomic mass is 9.87. The van der Waals surface area contributed by atoms with E-state index in [2.05, 4.69) is 18.3 Å². The zero-order chi connectivity index (χ0) is 13.7. The van der Waals surface area contributed by atoms with Crippen LogP contribution in [0, 0.1) is 11.3 Å². The van der Waals surface area contributed by atoms with Gasteiger partial charge in [-0.25, -0.2) is 0 Å².